The number of rotatable bonds is 12. The molecule has 20 heteroatoms. The zero-order chi connectivity index (χ0) is 40.2. The summed E-state index contributed by atoms with van der Waals surface area (Å²) in [5.74, 6) is -3.26. The van der Waals surface area contributed by atoms with Crippen LogP contribution < -0.4 is 10.6 Å². The lowest BCUT2D eigenvalue weighted by Crippen LogP contribution is -2.50. The molecule has 18 nitrogen and oxygen atoms in total. The zero-order valence-electron chi connectivity index (χ0n) is 31.4. The summed E-state index contributed by atoms with van der Waals surface area (Å²) in [6.07, 6.45) is 1.41. The summed E-state index contributed by atoms with van der Waals surface area (Å²) in [6.45, 7) is 12.9. The molecule has 0 aliphatic carbocycles. The summed E-state index contributed by atoms with van der Waals surface area (Å²) in [7, 11) is -6.25. The van der Waals surface area contributed by atoms with E-state index in [4.69, 9.17) is 23.3 Å². The number of methoxy groups -OCH3 is 1. The Kier molecular flexibility index (Phi) is 13.3. The van der Waals surface area contributed by atoms with Crippen LogP contribution in [0.3, 0.4) is 0 Å². The van der Waals surface area contributed by atoms with Crippen molar-refractivity contribution in [1.29, 1.82) is 0 Å². The highest BCUT2D eigenvalue weighted by Crippen LogP contribution is 2.32. The maximum Gasteiger partial charge on any atom is 0.317 e. The van der Waals surface area contributed by atoms with Crippen molar-refractivity contribution in [2.45, 2.75) is 112 Å². The summed E-state index contributed by atoms with van der Waals surface area (Å²) < 4.78 is 73.3. The van der Waals surface area contributed by atoms with Crippen molar-refractivity contribution < 1.29 is 64.4 Å². The number of nitrogens with one attached hydrogen (secondary N) is 2. The zero-order valence-corrected chi connectivity index (χ0v) is 33.1. The highest BCUT2D eigenvalue weighted by molar-refractivity contribution is 7.94. The monoisotopic (exact) mass is 790 g/mol. The maximum absolute atomic E-state index is 12.9. The van der Waals surface area contributed by atoms with E-state index in [1.54, 1.807) is 13.8 Å². The number of hydrogen-bond donors (Lipinski definition) is 3. The van der Waals surface area contributed by atoms with Gasteiger partial charge in [-0.05, 0) is 81.1 Å². The number of carbonyl (C=O) groups is 4. The summed E-state index contributed by atoms with van der Waals surface area (Å²) >= 11 is 0. The Morgan fingerprint density at radius 2 is 1.02 bits per heavy atom. The number of hydrogen-bond acceptors (Lipinski definition) is 15. The van der Waals surface area contributed by atoms with Crippen LogP contribution in [0, 0.1) is 0 Å². The van der Waals surface area contributed by atoms with Gasteiger partial charge in [0.05, 0.1) is 17.6 Å². The Morgan fingerprint density at radius 3 is 1.34 bits per heavy atom. The van der Waals surface area contributed by atoms with Gasteiger partial charge in [-0.2, -0.15) is 0 Å². The number of sulfone groups is 2. The first-order valence-electron chi connectivity index (χ1n) is 16.9. The van der Waals surface area contributed by atoms with Gasteiger partial charge in [-0.25, -0.2) is 16.8 Å². The van der Waals surface area contributed by atoms with Crippen molar-refractivity contribution in [1.82, 2.24) is 10.3 Å². The molecule has 2 fully saturated rings. The van der Waals surface area contributed by atoms with Gasteiger partial charge in [-0.15, -0.1) is 0 Å². The molecule has 53 heavy (non-hydrogen) atoms. The third-order valence-corrected chi connectivity index (χ3v) is 15.6. The van der Waals surface area contributed by atoms with Gasteiger partial charge in [0.1, 0.15) is 31.7 Å². The highest BCUT2D eigenvalue weighted by Gasteiger charge is 2.48. The molecule has 0 bridgehead atoms. The average molecular weight is 791 g/mol. The van der Waals surface area contributed by atoms with Gasteiger partial charge in [0, 0.05) is 38.6 Å². The summed E-state index contributed by atoms with van der Waals surface area (Å²) in [5.41, 5.74) is -2.01. The fourth-order valence-corrected chi connectivity index (χ4v) is 9.23. The number of anilines is 2. The molecule has 0 saturated carbocycles. The van der Waals surface area contributed by atoms with E-state index in [0.717, 1.165) is 0 Å². The second kappa shape index (κ2) is 16.2. The number of carboxylic acids is 1. The lowest BCUT2D eigenvalue weighted by Gasteiger charge is -2.30. The first-order valence-corrected chi connectivity index (χ1v) is 20.0. The maximum atomic E-state index is 12.9. The van der Waals surface area contributed by atoms with Crippen LogP contribution in [-0.2, 0) is 63.9 Å². The second-order valence-electron chi connectivity index (χ2n) is 14.8. The SMILES string of the molecule is CC(C)(C(=O)O)c1cc(NC(=O)C(C)(C)S(=O)(=O)C2CCOCC2)on1.COC(=O)C(C)(C)c1cc(NC(=O)C(C)(C)S(=O)(=O)C2CCOCC2)on1. The lowest BCUT2D eigenvalue weighted by atomic mass is 9.89. The number of aliphatic carboxylic acids is 1. The average Bonchev–Trinajstić information content (AvgIpc) is 3.79. The van der Waals surface area contributed by atoms with Crippen LogP contribution in [0.1, 0.15) is 92.5 Å². The van der Waals surface area contributed by atoms with Gasteiger partial charge in [-0.3, -0.25) is 29.8 Å². The number of esters is 1. The van der Waals surface area contributed by atoms with E-state index >= 15 is 0 Å². The van der Waals surface area contributed by atoms with Crippen LogP contribution in [-0.4, -0.2) is 110 Å². The van der Waals surface area contributed by atoms with Crippen LogP contribution >= 0.6 is 0 Å². The molecule has 0 spiro atoms. The number of aromatic nitrogens is 2. The molecule has 3 N–H and O–H groups in total. The highest BCUT2D eigenvalue weighted by atomic mass is 32.2. The Hall–Kier alpha value is -3.88. The Labute approximate surface area is 308 Å². The molecule has 2 aromatic rings. The third-order valence-electron chi connectivity index (χ3n) is 9.74. The topological polar surface area (TPSA) is 261 Å². The van der Waals surface area contributed by atoms with Crippen molar-refractivity contribution >= 4 is 55.2 Å². The molecule has 2 aromatic heterocycles. The molecule has 4 heterocycles. The Balaban J connectivity index is 0.000000286. The first-order chi connectivity index (χ1) is 24.3. The first kappa shape index (κ1) is 43.5. The third kappa shape index (κ3) is 9.09. The van der Waals surface area contributed by atoms with E-state index < -0.39 is 74.3 Å². The van der Waals surface area contributed by atoms with Crippen molar-refractivity contribution in [2.75, 3.05) is 44.2 Å². The molecular formula is C33H50N4O14S2. The Morgan fingerprint density at radius 1 is 0.679 bits per heavy atom. The molecule has 298 valence electrons. The summed E-state index contributed by atoms with van der Waals surface area (Å²) in [5, 5.41) is 20.2. The van der Waals surface area contributed by atoms with Gasteiger partial charge in [0.25, 0.3) is 0 Å². The van der Waals surface area contributed by atoms with Crippen LogP contribution in [0.5, 0.6) is 0 Å². The molecular weight excluding hydrogens is 741 g/mol. The summed E-state index contributed by atoms with van der Waals surface area (Å²) in [6, 6.07) is 2.66. The van der Waals surface area contributed by atoms with E-state index in [1.807, 2.05) is 0 Å². The molecule has 2 aliphatic rings. The van der Waals surface area contributed by atoms with Gasteiger partial charge < -0.3 is 28.4 Å². The molecule has 0 atom stereocenters. The van der Waals surface area contributed by atoms with Gasteiger partial charge >= 0.3 is 11.9 Å². The number of carbonyl (C=O) groups excluding carboxylic acids is 3. The number of ether oxygens (including phenoxy) is 3. The molecule has 2 amide bonds. The fourth-order valence-electron chi connectivity index (χ4n) is 5.32. The predicted octanol–water partition coefficient (Wildman–Crippen LogP) is 2.78. The molecule has 4 rings (SSSR count). The largest absolute Gasteiger partial charge is 0.481 e. The van der Waals surface area contributed by atoms with Gasteiger partial charge in [0.2, 0.25) is 23.6 Å². The number of carboxylic acid groups (broad SMARTS) is 1. The van der Waals surface area contributed by atoms with E-state index in [-0.39, 0.29) is 23.2 Å². The van der Waals surface area contributed by atoms with Crippen molar-refractivity contribution in [3.05, 3.63) is 23.5 Å². The van der Waals surface area contributed by atoms with Crippen molar-refractivity contribution in [3.63, 3.8) is 0 Å². The number of amides is 2. The molecule has 0 aromatic carbocycles. The van der Waals surface area contributed by atoms with E-state index in [2.05, 4.69) is 20.9 Å². The van der Waals surface area contributed by atoms with Gasteiger partial charge in [-0.1, -0.05) is 10.3 Å². The number of nitrogens with zero attached hydrogens (tertiary/aromatic N) is 2. The van der Waals surface area contributed by atoms with Crippen LogP contribution in [0.15, 0.2) is 21.2 Å². The molecule has 0 unspecified atom stereocenters. The van der Waals surface area contributed by atoms with Crippen molar-refractivity contribution in [3.8, 4) is 0 Å². The second-order valence-corrected chi connectivity index (χ2v) is 20.4. The smallest absolute Gasteiger partial charge is 0.317 e. The summed E-state index contributed by atoms with van der Waals surface area (Å²) in [4.78, 5) is 48.4. The minimum Gasteiger partial charge on any atom is -0.481 e. The predicted molar refractivity (Wildman–Crippen MR) is 190 cm³/mol. The standard InChI is InChI=1S/C17H26N2O7S.C16H24N2O7S/c1-16(2,15(21)24-5)12-10-13(26-19-12)18-14(20)17(3,4)27(22,23)11-6-8-25-9-7-11;1-15(2,14(20)21)11-9-12(25-18-11)17-13(19)16(3,4)26(22,23)10-5-7-24-8-6-10/h10-11H,6-9H2,1-5H3,(H,18,20);9-10H,5-8H2,1-4H3,(H,17,19)(H,20,21). The Bertz CT molecular complexity index is 1860. The minimum absolute atomic E-state index is 0.0396. The fraction of sp³-hybridized carbons (Fsp3) is 0.697. The van der Waals surface area contributed by atoms with E-state index in [0.29, 0.717) is 52.1 Å². The van der Waals surface area contributed by atoms with Crippen LogP contribution in [0.2, 0.25) is 0 Å². The van der Waals surface area contributed by atoms with Gasteiger partial charge in [0.15, 0.2) is 19.7 Å². The van der Waals surface area contributed by atoms with Crippen LogP contribution in [0.25, 0.3) is 0 Å². The van der Waals surface area contributed by atoms with E-state index in [1.165, 1.54) is 60.8 Å². The molecule has 2 aliphatic heterocycles. The normalized spacial score (nSPS) is 16.9. The van der Waals surface area contributed by atoms with E-state index in [9.17, 15) is 41.1 Å². The lowest BCUT2D eigenvalue weighted by molar-refractivity contribution is -0.146. The quantitative estimate of drug-likeness (QED) is 0.261. The molecule has 0 radical (unpaired) electrons. The minimum atomic E-state index is -3.76. The molecule has 2 saturated heterocycles. The van der Waals surface area contributed by atoms with Crippen LogP contribution in [0.4, 0.5) is 11.8 Å². The van der Waals surface area contributed by atoms with Crippen molar-refractivity contribution in [2.24, 2.45) is 0 Å².